The number of sulfonamides is 1. The Morgan fingerprint density at radius 1 is 1.37 bits per heavy atom. The lowest BCUT2D eigenvalue weighted by atomic mass is 10.2. The molecule has 0 aliphatic heterocycles. The summed E-state index contributed by atoms with van der Waals surface area (Å²) in [6, 6.07) is 6.72. The zero-order valence-electron chi connectivity index (χ0n) is 11.4. The zero-order valence-corrected chi connectivity index (χ0v) is 12.2. The highest BCUT2D eigenvalue weighted by atomic mass is 32.2. The van der Waals surface area contributed by atoms with Gasteiger partial charge in [0.25, 0.3) is 0 Å². The van der Waals surface area contributed by atoms with Crippen LogP contribution in [0.5, 0.6) is 0 Å². The Morgan fingerprint density at radius 3 is 2.58 bits per heavy atom. The van der Waals surface area contributed by atoms with E-state index in [1.807, 2.05) is 13.8 Å². The van der Waals surface area contributed by atoms with Crippen molar-refractivity contribution in [3.8, 4) is 0 Å². The van der Waals surface area contributed by atoms with E-state index in [1.54, 1.807) is 28.6 Å². The number of aliphatic hydroxyl groups is 1. The molecule has 0 amide bonds. The third-order valence-electron chi connectivity index (χ3n) is 3.19. The first kappa shape index (κ1) is 14.5. The maximum Gasteiger partial charge on any atom is 0.243 e. The lowest BCUT2D eigenvalue weighted by Gasteiger charge is -2.24. The number of hydrogen-bond donors (Lipinski definition) is 1. The molecule has 1 saturated carbocycles. The van der Waals surface area contributed by atoms with E-state index >= 15 is 0 Å². The second-order valence-electron chi connectivity index (χ2n) is 5.51. The smallest absolute Gasteiger partial charge is 0.243 e. The molecule has 0 aromatic heterocycles. The van der Waals surface area contributed by atoms with Crippen LogP contribution >= 0.6 is 0 Å². The molecule has 1 aliphatic carbocycles. The minimum atomic E-state index is -3.44. The van der Waals surface area contributed by atoms with Crippen molar-refractivity contribution >= 4 is 10.0 Å². The summed E-state index contributed by atoms with van der Waals surface area (Å²) in [5, 5.41) is 9.12. The van der Waals surface area contributed by atoms with E-state index in [-0.39, 0.29) is 17.5 Å². The SMILES string of the molecule is CC(C)CN(C1CC1)S(=O)(=O)c1cccc(CO)c1. The molecule has 1 aromatic rings. The van der Waals surface area contributed by atoms with Gasteiger partial charge in [-0.15, -0.1) is 0 Å². The van der Waals surface area contributed by atoms with Crippen LogP contribution in [0.3, 0.4) is 0 Å². The minimum Gasteiger partial charge on any atom is -0.392 e. The molecule has 2 rings (SSSR count). The van der Waals surface area contributed by atoms with Gasteiger partial charge in [-0.1, -0.05) is 26.0 Å². The van der Waals surface area contributed by atoms with Gasteiger partial charge < -0.3 is 5.11 Å². The Hall–Kier alpha value is -0.910. The number of hydrogen-bond acceptors (Lipinski definition) is 3. The quantitative estimate of drug-likeness (QED) is 0.868. The summed E-state index contributed by atoms with van der Waals surface area (Å²) in [6.45, 7) is 4.46. The van der Waals surface area contributed by atoms with Gasteiger partial charge in [-0.2, -0.15) is 4.31 Å². The molecule has 0 heterocycles. The third kappa shape index (κ3) is 3.35. The van der Waals surface area contributed by atoms with Crippen LogP contribution in [0.1, 0.15) is 32.3 Å². The summed E-state index contributed by atoms with van der Waals surface area (Å²) in [6.07, 6.45) is 1.90. The third-order valence-corrected chi connectivity index (χ3v) is 5.10. The number of benzene rings is 1. The normalized spacial score (nSPS) is 16.3. The Bertz CT molecular complexity index is 535. The number of aliphatic hydroxyl groups excluding tert-OH is 1. The van der Waals surface area contributed by atoms with Gasteiger partial charge in [0.05, 0.1) is 11.5 Å². The maximum absolute atomic E-state index is 12.7. The Morgan fingerprint density at radius 2 is 2.05 bits per heavy atom. The van der Waals surface area contributed by atoms with E-state index in [9.17, 15) is 8.42 Å². The highest BCUT2D eigenvalue weighted by Gasteiger charge is 2.38. The van der Waals surface area contributed by atoms with E-state index in [1.165, 1.54) is 0 Å². The van der Waals surface area contributed by atoms with Gasteiger partial charge in [-0.25, -0.2) is 8.42 Å². The first-order valence-corrected chi connectivity index (χ1v) is 8.11. The highest BCUT2D eigenvalue weighted by Crippen LogP contribution is 2.32. The molecule has 0 saturated heterocycles. The fourth-order valence-electron chi connectivity index (χ4n) is 2.11. The van der Waals surface area contributed by atoms with Gasteiger partial charge in [0.15, 0.2) is 0 Å². The Balaban J connectivity index is 2.32. The number of rotatable bonds is 6. The molecule has 0 spiro atoms. The van der Waals surface area contributed by atoms with Gasteiger partial charge in [-0.3, -0.25) is 0 Å². The van der Waals surface area contributed by atoms with E-state index < -0.39 is 10.0 Å². The first-order chi connectivity index (χ1) is 8.95. The van der Waals surface area contributed by atoms with Gasteiger partial charge in [0, 0.05) is 12.6 Å². The Labute approximate surface area is 115 Å². The van der Waals surface area contributed by atoms with E-state index in [4.69, 9.17) is 5.11 Å². The molecule has 0 atom stereocenters. The molecule has 0 unspecified atom stereocenters. The van der Waals surface area contributed by atoms with Crippen molar-refractivity contribution in [2.75, 3.05) is 6.54 Å². The van der Waals surface area contributed by atoms with E-state index in [0.717, 1.165) is 12.8 Å². The monoisotopic (exact) mass is 283 g/mol. The molecule has 19 heavy (non-hydrogen) atoms. The number of nitrogens with zero attached hydrogens (tertiary/aromatic N) is 1. The van der Waals surface area contributed by atoms with Crippen LogP contribution < -0.4 is 0 Å². The predicted molar refractivity (Wildman–Crippen MR) is 74.1 cm³/mol. The van der Waals surface area contributed by atoms with Crippen LogP contribution in [0.25, 0.3) is 0 Å². The first-order valence-electron chi connectivity index (χ1n) is 6.67. The van der Waals surface area contributed by atoms with Gasteiger partial charge >= 0.3 is 0 Å². The summed E-state index contributed by atoms with van der Waals surface area (Å²) in [5.41, 5.74) is 0.626. The molecule has 0 radical (unpaired) electrons. The predicted octanol–water partition coefficient (Wildman–Crippen LogP) is 1.99. The molecule has 1 aromatic carbocycles. The minimum absolute atomic E-state index is 0.142. The molecule has 106 valence electrons. The van der Waals surface area contributed by atoms with E-state index in [2.05, 4.69) is 0 Å². The summed E-state index contributed by atoms with van der Waals surface area (Å²) < 4.78 is 26.9. The summed E-state index contributed by atoms with van der Waals surface area (Å²) >= 11 is 0. The van der Waals surface area contributed by atoms with Crippen LogP contribution in [0.2, 0.25) is 0 Å². The van der Waals surface area contributed by atoms with Crippen LogP contribution in [-0.2, 0) is 16.6 Å². The standard InChI is InChI=1S/C14H21NO3S/c1-11(2)9-15(13-6-7-13)19(17,18)14-5-3-4-12(8-14)10-16/h3-5,8,11,13,16H,6-7,9-10H2,1-2H3. The molecular formula is C14H21NO3S. The molecule has 1 N–H and O–H groups in total. The van der Waals surface area contributed by atoms with Crippen molar-refractivity contribution in [3.63, 3.8) is 0 Å². The molecule has 1 fully saturated rings. The second kappa shape index (κ2) is 5.61. The van der Waals surface area contributed by atoms with E-state index in [0.29, 0.717) is 18.0 Å². The van der Waals surface area contributed by atoms with Gasteiger partial charge in [0.2, 0.25) is 10.0 Å². The van der Waals surface area contributed by atoms with Crippen molar-refractivity contribution in [2.45, 2.75) is 44.2 Å². The lowest BCUT2D eigenvalue weighted by Crippen LogP contribution is -2.36. The maximum atomic E-state index is 12.7. The van der Waals surface area contributed by atoms with Crippen molar-refractivity contribution in [3.05, 3.63) is 29.8 Å². The average Bonchev–Trinajstić information content (AvgIpc) is 3.20. The lowest BCUT2D eigenvalue weighted by molar-refractivity contribution is 0.281. The van der Waals surface area contributed by atoms with Crippen LogP contribution in [-0.4, -0.2) is 30.4 Å². The van der Waals surface area contributed by atoms with Gasteiger partial charge in [0.1, 0.15) is 0 Å². The summed E-state index contributed by atoms with van der Waals surface area (Å²) in [4.78, 5) is 0.284. The van der Waals surface area contributed by atoms with Crippen LogP contribution in [0.4, 0.5) is 0 Å². The molecular weight excluding hydrogens is 262 g/mol. The topological polar surface area (TPSA) is 57.6 Å². The van der Waals surface area contributed by atoms with Crippen molar-refractivity contribution in [1.29, 1.82) is 0 Å². The molecule has 0 bridgehead atoms. The highest BCUT2D eigenvalue weighted by molar-refractivity contribution is 7.89. The molecule has 4 nitrogen and oxygen atoms in total. The average molecular weight is 283 g/mol. The van der Waals surface area contributed by atoms with Crippen molar-refractivity contribution in [1.82, 2.24) is 4.31 Å². The van der Waals surface area contributed by atoms with Gasteiger partial charge in [-0.05, 0) is 36.5 Å². The summed E-state index contributed by atoms with van der Waals surface area (Å²) in [7, 11) is -3.44. The van der Waals surface area contributed by atoms with Crippen molar-refractivity contribution in [2.24, 2.45) is 5.92 Å². The fraction of sp³-hybridized carbons (Fsp3) is 0.571. The largest absolute Gasteiger partial charge is 0.392 e. The zero-order chi connectivity index (χ0) is 14.0. The van der Waals surface area contributed by atoms with Crippen LogP contribution in [0.15, 0.2) is 29.2 Å². The Kier molecular flexibility index (Phi) is 4.28. The van der Waals surface area contributed by atoms with Crippen molar-refractivity contribution < 1.29 is 13.5 Å². The second-order valence-corrected chi connectivity index (χ2v) is 7.40. The fourth-order valence-corrected chi connectivity index (χ4v) is 4.02. The van der Waals surface area contributed by atoms with Crippen LogP contribution in [0, 0.1) is 5.92 Å². The summed E-state index contributed by atoms with van der Waals surface area (Å²) in [5.74, 6) is 0.302. The molecule has 5 heteroatoms. The molecule has 1 aliphatic rings.